The number of carbonyl (C=O) groups is 1. The summed E-state index contributed by atoms with van der Waals surface area (Å²) < 4.78 is 0. The summed E-state index contributed by atoms with van der Waals surface area (Å²) in [6.45, 7) is 5.81. The minimum atomic E-state index is -0.806. The van der Waals surface area contributed by atoms with E-state index in [0.717, 1.165) is 12.0 Å². The Morgan fingerprint density at radius 3 is 2.50 bits per heavy atom. The van der Waals surface area contributed by atoms with Crippen LogP contribution in [-0.4, -0.2) is 11.4 Å². The Labute approximate surface area is 138 Å². The van der Waals surface area contributed by atoms with Crippen LogP contribution in [0.5, 0.6) is 0 Å². The second-order valence-corrected chi connectivity index (χ2v) is 5.97. The number of fused-ring (bicyclic) bond motifs is 1. The van der Waals surface area contributed by atoms with Crippen LogP contribution in [-0.2, 0) is 4.79 Å². The van der Waals surface area contributed by atoms with E-state index in [-0.39, 0.29) is 24.4 Å². The summed E-state index contributed by atoms with van der Waals surface area (Å²) in [5, 5.41) is 5.41. The summed E-state index contributed by atoms with van der Waals surface area (Å²) in [4.78, 5) is 12.3. The molecule has 2 rings (SSSR count). The minimum absolute atomic E-state index is 0. The molecule has 0 aliphatic heterocycles. The van der Waals surface area contributed by atoms with Crippen molar-refractivity contribution in [2.75, 3.05) is 0 Å². The zero-order valence-corrected chi connectivity index (χ0v) is 14.2. The Kier molecular flexibility index (Phi) is 6.39. The molecule has 2 atom stereocenters. The second-order valence-electron chi connectivity index (χ2n) is 5.97. The average molecular weight is 321 g/mol. The van der Waals surface area contributed by atoms with Gasteiger partial charge in [0.15, 0.2) is 0 Å². The highest BCUT2D eigenvalue weighted by molar-refractivity contribution is 5.86. The topological polar surface area (TPSA) is 55.1 Å². The predicted molar refractivity (Wildman–Crippen MR) is 95.3 cm³/mol. The number of amides is 1. The van der Waals surface area contributed by atoms with E-state index in [4.69, 9.17) is 5.73 Å². The highest BCUT2D eigenvalue weighted by Gasteiger charge is 2.28. The smallest absolute Gasteiger partial charge is 0.240 e. The number of hydrogen-bond acceptors (Lipinski definition) is 2. The number of carbonyl (C=O) groups excluding carboxylic acids is 1. The molecule has 0 aliphatic carbocycles. The van der Waals surface area contributed by atoms with Gasteiger partial charge in [0, 0.05) is 0 Å². The van der Waals surface area contributed by atoms with E-state index in [1.54, 1.807) is 6.92 Å². The SMILES string of the molecule is CCCC(C)(N)C(=O)NC(C)c1ccc2ccccc2c1.Cl. The third kappa shape index (κ3) is 4.21. The quantitative estimate of drug-likeness (QED) is 0.876. The maximum atomic E-state index is 12.3. The standard InChI is InChI=1S/C18H24N2O.ClH/c1-4-11-18(3,19)17(21)20-13(2)15-10-9-14-7-5-6-8-16(14)12-15;/h5-10,12-13H,4,11,19H2,1-3H3,(H,20,21);1H. The van der Waals surface area contributed by atoms with Gasteiger partial charge in [-0.1, -0.05) is 49.7 Å². The first-order valence-electron chi connectivity index (χ1n) is 7.52. The fraction of sp³-hybridized carbons (Fsp3) is 0.389. The van der Waals surface area contributed by atoms with Gasteiger partial charge in [-0.25, -0.2) is 0 Å². The summed E-state index contributed by atoms with van der Waals surface area (Å²) in [7, 11) is 0. The number of rotatable bonds is 5. The summed E-state index contributed by atoms with van der Waals surface area (Å²) in [6.07, 6.45) is 1.58. The lowest BCUT2D eigenvalue weighted by Crippen LogP contribution is -2.52. The van der Waals surface area contributed by atoms with Crippen molar-refractivity contribution >= 4 is 29.1 Å². The molecule has 120 valence electrons. The summed E-state index contributed by atoms with van der Waals surface area (Å²) >= 11 is 0. The second kappa shape index (κ2) is 7.61. The molecule has 1 amide bonds. The fourth-order valence-corrected chi connectivity index (χ4v) is 2.55. The molecule has 0 spiro atoms. The number of benzene rings is 2. The third-order valence-electron chi connectivity index (χ3n) is 3.91. The third-order valence-corrected chi connectivity index (χ3v) is 3.91. The predicted octanol–water partition coefficient (Wildman–Crippen LogP) is 3.96. The van der Waals surface area contributed by atoms with Crippen LogP contribution in [0.4, 0.5) is 0 Å². The van der Waals surface area contributed by atoms with E-state index in [0.29, 0.717) is 6.42 Å². The van der Waals surface area contributed by atoms with Crippen molar-refractivity contribution in [3.63, 3.8) is 0 Å². The zero-order valence-electron chi connectivity index (χ0n) is 13.4. The Morgan fingerprint density at radius 1 is 1.23 bits per heavy atom. The van der Waals surface area contributed by atoms with Crippen molar-refractivity contribution < 1.29 is 4.79 Å². The van der Waals surface area contributed by atoms with Crippen LogP contribution in [0.25, 0.3) is 10.8 Å². The van der Waals surface area contributed by atoms with Gasteiger partial charge in [0.1, 0.15) is 0 Å². The monoisotopic (exact) mass is 320 g/mol. The molecule has 4 heteroatoms. The molecule has 0 saturated carbocycles. The van der Waals surface area contributed by atoms with Crippen molar-refractivity contribution in [3.8, 4) is 0 Å². The van der Waals surface area contributed by atoms with Crippen molar-refractivity contribution in [2.24, 2.45) is 5.73 Å². The van der Waals surface area contributed by atoms with Crippen molar-refractivity contribution in [2.45, 2.75) is 45.2 Å². The normalized spacial score (nSPS) is 14.7. The van der Waals surface area contributed by atoms with Crippen LogP contribution in [0, 0.1) is 0 Å². The van der Waals surface area contributed by atoms with Crippen molar-refractivity contribution in [1.29, 1.82) is 0 Å². The van der Waals surface area contributed by atoms with E-state index in [2.05, 4.69) is 35.6 Å². The van der Waals surface area contributed by atoms with E-state index < -0.39 is 5.54 Å². The zero-order chi connectivity index (χ0) is 15.5. The summed E-state index contributed by atoms with van der Waals surface area (Å²) in [5.41, 5.74) is 6.36. The minimum Gasteiger partial charge on any atom is -0.348 e. The number of halogens is 1. The molecule has 0 saturated heterocycles. The number of hydrogen-bond donors (Lipinski definition) is 2. The molecule has 0 aromatic heterocycles. The Morgan fingerprint density at radius 2 is 1.86 bits per heavy atom. The van der Waals surface area contributed by atoms with Gasteiger partial charge in [-0.3, -0.25) is 4.79 Å². The maximum Gasteiger partial charge on any atom is 0.240 e. The lowest BCUT2D eigenvalue weighted by atomic mass is 9.95. The number of nitrogens with two attached hydrogens (primary N) is 1. The Balaban J connectivity index is 0.00000242. The van der Waals surface area contributed by atoms with Crippen LogP contribution >= 0.6 is 12.4 Å². The molecule has 2 aromatic carbocycles. The van der Waals surface area contributed by atoms with Gasteiger partial charge in [0.2, 0.25) is 5.91 Å². The van der Waals surface area contributed by atoms with Crippen LogP contribution in [0.2, 0.25) is 0 Å². The fourth-order valence-electron chi connectivity index (χ4n) is 2.55. The molecule has 0 aliphatic rings. The highest BCUT2D eigenvalue weighted by atomic mass is 35.5. The van der Waals surface area contributed by atoms with Gasteiger partial charge in [-0.2, -0.15) is 0 Å². The summed E-state index contributed by atoms with van der Waals surface area (Å²) in [5.74, 6) is -0.0926. The van der Waals surface area contributed by atoms with Gasteiger partial charge in [-0.05, 0) is 42.7 Å². The van der Waals surface area contributed by atoms with Crippen LogP contribution in [0.1, 0.15) is 45.2 Å². The molecule has 2 aromatic rings. The van der Waals surface area contributed by atoms with Gasteiger partial charge < -0.3 is 11.1 Å². The highest BCUT2D eigenvalue weighted by Crippen LogP contribution is 2.21. The largest absolute Gasteiger partial charge is 0.348 e. The lowest BCUT2D eigenvalue weighted by molar-refractivity contribution is -0.126. The Hall–Kier alpha value is -1.58. The first-order chi connectivity index (χ1) is 9.94. The molecule has 0 radical (unpaired) electrons. The Bertz CT molecular complexity index is 640. The first kappa shape index (κ1) is 18.5. The molecule has 0 fully saturated rings. The molecule has 0 heterocycles. The van der Waals surface area contributed by atoms with Gasteiger partial charge in [0.05, 0.1) is 11.6 Å². The maximum absolute atomic E-state index is 12.3. The lowest BCUT2D eigenvalue weighted by Gasteiger charge is -2.25. The average Bonchev–Trinajstić information content (AvgIpc) is 2.46. The van der Waals surface area contributed by atoms with Crippen LogP contribution in [0.3, 0.4) is 0 Å². The molecule has 0 bridgehead atoms. The van der Waals surface area contributed by atoms with Crippen LogP contribution in [0.15, 0.2) is 42.5 Å². The molecular weight excluding hydrogens is 296 g/mol. The van der Waals surface area contributed by atoms with E-state index in [9.17, 15) is 4.79 Å². The molecule has 2 unspecified atom stereocenters. The molecule has 3 N–H and O–H groups in total. The van der Waals surface area contributed by atoms with E-state index in [1.165, 1.54) is 10.8 Å². The van der Waals surface area contributed by atoms with Crippen molar-refractivity contribution in [1.82, 2.24) is 5.32 Å². The van der Waals surface area contributed by atoms with Gasteiger partial charge in [-0.15, -0.1) is 12.4 Å². The van der Waals surface area contributed by atoms with Gasteiger partial charge in [0.25, 0.3) is 0 Å². The molecular formula is C18H25ClN2O. The van der Waals surface area contributed by atoms with E-state index >= 15 is 0 Å². The molecule has 22 heavy (non-hydrogen) atoms. The van der Waals surface area contributed by atoms with Crippen LogP contribution < -0.4 is 11.1 Å². The summed E-state index contributed by atoms with van der Waals surface area (Å²) in [6, 6.07) is 14.4. The van der Waals surface area contributed by atoms with Gasteiger partial charge >= 0.3 is 0 Å². The molecule has 3 nitrogen and oxygen atoms in total. The first-order valence-corrected chi connectivity index (χ1v) is 7.52. The van der Waals surface area contributed by atoms with Crippen molar-refractivity contribution in [3.05, 3.63) is 48.0 Å². The number of nitrogens with one attached hydrogen (secondary N) is 1. The van der Waals surface area contributed by atoms with E-state index in [1.807, 2.05) is 26.0 Å².